The van der Waals surface area contributed by atoms with Crippen LogP contribution < -0.4 is 10.1 Å². The lowest BCUT2D eigenvalue weighted by Crippen LogP contribution is -2.49. The van der Waals surface area contributed by atoms with Crippen LogP contribution in [0.25, 0.3) is 10.8 Å². The number of rotatable bonds is 5. The zero-order valence-electron chi connectivity index (χ0n) is 17.2. The van der Waals surface area contributed by atoms with Gasteiger partial charge in [0, 0.05) is 29.5 Å². The molecule has 6 heteroatoms. The molecule has 1 heterocycles. The van der Waals surface area contributed by atoms with Crippen molar-refractivity contribution in [1.82, 2.24) is 10.2 Å². The van der Waals surface area contributed by atoms with Crippen LogP contribution in [0.4, 0.5) is 0 Å². The minimum atomic E-state index is -0.108. The highest BCUT2D eigenvalue weighted by Crippen LogP contribution is 2.27. The van der Waals surface area contributed by atoms with Crippen LogP contribution in [0.5, 0.6) is 5.75 Å². The van der Waals surface area contributed by atoms with Gasteiger partial charge in [0.15, 0.2) is 6.61 Å². The summed E-state index contributed by atoms with van der Waals surface area (Å²) in [6, 6.07) is 12.0. The highest BCUT2D eigenvalue weighted by Gasteiger charge is 2.29. The molecule has 0 unspecified atom stereocenters. The molecular formula is C24H29BrN2O3. The van der Waals surface area contributed by atoms with Gasteiger partial charge >= 0.3 is 0 Å². The first kappa shape index (κ1) is 21.2. The number of nitrogens with one attached hydrogen (secondary N) is 1. The summed E-state index contributed by atoms with van der Waals surface area (Å²) in [5.74, 6) is 1.13. The minimum absolute atomic E-state index is 0.00323. The van der Waals surface area contributed by atoms with E-state index >= 15 is 0 Å². The van der Waals surface area contributed by atoms with E-state index in [1.165, 1.54) is 19.3 Å². The van der Waals surface area contributed by atoms with Gasteiger partial charge in [0.1, 0.15) is 5.75 Å². The van der Waals surface area contributed by atoms with Crippen LogP contribution in [0.2, 0.25) is 0 Å². The Morgan fingerprint density at radius 1 is 0.967 bits per heavy atom. The van der Waals surface area contributed by atoms with Crippen LogP contribution in [0.3, 0.4) is 0 Å². The second kappa shape index (κ2) is 9.82. The highest BCUT2D eigenvalue weighted by atomic mass is 79.9. The third kappa shape index (κ3) is 5.34. The summed E-state index contributed by atoms with van der Waals surface area (Å²) in [6.07, 6.45) is 7.33. The zero-order chi connectivity index (χ0) is 20.9. The van der Waals surface area contributed by atoms with Crippen LogP contribution >= 0.6 is 15.9 Å². The van der Waals surface area contributed by atoms with Crippen molar-refractivity contribution in [1.29, 1.82) is 0 Å². The van der Waals surface area contributed by atoms with E-state index in [1.807, 2.05) is 35.2 Å². The van der Waals surface area contributed by atoms with Crippen molar-refractivity contribution < 1.29 is 14.3 Å². The van der Waals surface area contributed by atoms with Crippen molar-refractivity contribution in [3.63, 3.8) is 0 Å². The molecule has 2 aromatic carbocycles. The third-order valence-corrected chi connectivity index (χ3v) is 6.76. The van der Waals surface area contributed by atoms with Crippen molar-refractivity contribution in [2.75, 3.05) is 19.7 Å². The predicted octanol–water partition coefficient (Wildman–Crippen LogP) is 4.67. The van der Waals surface area contributed by atoms with Crippen molar-refractivity contribution in [2.45, 2.75) is 51.0 Å². The van der Waals surface area contributed by atoms with Gasteiger partial charge in [-0.3, -0.25) is 9.59 Å². The Balaban J connectivity index is 1.21. The average Bonchev–Trinajstić information content (AvgIpc) is 2.78. The maximum Gasteiger partial charge on any atom is 0.258 e. The van der Waals surface area contributed by atoms with E-state index in [-0.39, 0.29) is 24.5 Å². The summed E-state index contributed by atoms with van der Waals surface area (Å²) in [5, 5.41) is 5.26. The van der Waals surface area contributed by atoms with Crippen molar-refractivity contribution in [3.05, 3.63) is 40.9 Å². The monoisotopic (exact) mass is 472 g/mol. The molecule has 1 saturated carbocycles. The van der Waals surface area contributed by atoms with Gasteiger partial charge < -0.3 is 15.0 Å². The molecule has 2 fully saturated rings. The number of benzene rings is 2. The SMILES string of the molecule is O=C(COc1ccc2cc(Br)ccc2c1)NC1CCN(C(=O)C2CCCCC2)CC1. The zero-order valence-corrected chi connectivity index (χ0v) is 18.8. The summed E-state index contributed by atoms with van der Waals surface area (Å²) in [7, 11) is 0. The quantitative estimate of drug-likeness (QED) is 0.687. The number of carbonyl (C=O) groups is 2. The molecular weight excluding hydrogens is 444 g/mol. The van der Waals surface area contributed by atoms with Crippen LogP contribution in [-0.4, -0.2) is 42.5 Å². The second-order valence-electron chi connectivity index (χ2n) is 8.44. The number of ether oxygens (including phenoxy) is 1. The topological polar surface area (TPSA) is 58.6 Å². The van der Waals surface area contributed by atoms with Gasteiger partial charge in [-0.25, -0.2) is 0 Å². The number of hydrogen-bond acceptors (Lipinski definition) is 3. The first-order valence-electron chi connectivity index (χ1n) is 11.0. The van der Waals surface area contributed by atoms with Crippen LogP contribution in [0.1, 0.15) is 44.9 Å². The number of nitrogens with zero attached hydrogens (tertiary/aromatic N) is 1. The Hall–Kier alpha value is -2.08. The largest absolute Gasteiger partial charge is 0.484 e. The molecule has 0 radical (unpaired) electrons. The van der Waals surface area contributed by atoms with Gasteiger partial charge in [-0.15, -0.1) is 0 Å². The minimum Gasteiger partial charge on any atom is -0.484 e. The molecule has 1 saturated heterocycles. The number of fused-ring (bicyclic) bond motifs is 1. The van der Waals surface area contributed by atoms with Gasteiger partial charge in [0.25, 0.3) is 5.91 Å². The number of hydrogen-bond donors (Lipinski definition) is 1. The molecule has 2 aliphatic rings. The van der Waals surface area contributed by atoms with Gasteiger partial charge in [-0.05, 0) is 60.7 Å². The Morgan fingerprint density at radius 2 is 1.67 bits per heavy atom. The molecule has 1 aliphatic carbocycles. The Bertz CT molecular complexity index is 902. The number of amides is 2. The molecule has 1 N–H and O–H groups in total. The number of likely N-dealkylation sites (tertiary alicyclic amines) is 1. The summed E-state index contributed by atoms with van der Waals surface area (Å²) in [4.78, 5) is 27.0. The Labute approximate surface area is 186 Å². The normalized spacial score (nSPS) is 18.4. The van der Waals surface area contributed by atoms with Gasteiger partial charge in [0.05, 0.1) is 0 Å². The van der Waals surface area contributed by atoms with Crippen molar-refractivity contribution in [3.8, 4) is 5.75 Å². The molecule has 2 aromatic rings. The molecule has 0 aromatic heterocycles. The van der Waals surface area contributed by atoms with Crippen LogP contribution in [0.15, 0.2) is 40.9 Å². The standard InChI is InChI=1S/C24H29BrN2O3/c25-20-8-6-19-15-22(9-7-18(19)14-20)30-16-23(28)26-21-10-12-27(13-11-21)24(29)17-4-2-1-3-5-17/h6-9,14-15,17,21H,1-5,10-13,16H2,(H,26,28). The average molecular weight is 473 g/mol. The summed E-state index contributed by atoms with van der Waals surface area (Å²) in [5.41, 5.74) is 0. The van der Waals surface area contributed by atoms with E-state index < -0.39 is 0 Å². The lowest BCUT2D eigenvalue weighted by molar-refractivity contribution is -0.137. The fraction of sp³-hybridized carbons (Fsp3) is 0.500. The van der Waals surface area contributed by atoms with Gasteiger partial charge in [-0.1, -0.05) is 47.3 Å². The maximum atomic E-state index is 12.7. The predicted molar refractivity (Wildman–Crippen MR) is 121 cm³/mol. The molecule has 5 nitrogen and oxygen atoms in total. The smallest absolute Gasteiger partial charge is 0.258 e. The molecule has 1 aliphatic heterocycles. The number of piperidine rings is 1. The van der Waals surface area contributed by atoms with Crippen LogP contribution in [-0.2, 0) is 9.59 Å². The lowest BCUT2D eigenvalue weighted by atomic mass is 9.87. The van der Waals surface area contributed by atoms with Crippen molar-refractivity contribution >= 4 is 38.5 Å². The molecule has 0 bridgehead atoms. The van der Waals surface area contributed by atoms with Gasteiger partial charge in [-0.2, -0.15) is 0 Å². The van der Waals surface area contributed by atoms with E-state index in [0.717, 1.165) is 54.0 Å². The number of halogens is 1. The molecule has 4 rings (SSSR count). The molecule has 160 valence electrons. The third-order valence-electron chi connectivity index (χ3n) is 6.27. The summed E-state index contributed by atoms with van der Waals surface area (Å²) >= 11 is 3.47. The highest BCUT2D eigenvalue weighted by molar-refractivity contribution is 9.10. The Morgan fingerprint density at radius 3 is 2.43 bits per heavy atom. The van der Waals surface area contributed by atoms with E-state index in [4.69, 9.17) is 4.74 Å². The fourth-order valence-corrected chi connectivity index (χ4v) is 4.93. The summed E-state index contributed by atoms with van der Waals surface area (Å²) < 4.78 is 6.73. The van der Waals surface area contributed by atoms with Gasteiger partial charge in [0.2, 0.25) is 5.91 Å². The summed E-state index contributed by atoms with van der Waals surface area (Å²) in [6.45, 7) is 1.48. The first-order chi connectivity index (χ1) is 14.6. The number of carbonyl (C=O) groups excluding carboxylic acids is 2. The Kier molecular flexibility index (Phi) is 6.93. The molecule has 2 amide bonds. The molecule has 0 spiro atoms. The second-order valence-corrected chi connectivity index (χ2v) is 9.36. The lowest BCUT2D eigenvalue weighted by Gasteiger charge is -2.35. The van der Waals surface area contributed by atoms with E-state index in [1.54, 1.807) is 0 Å². The van der Waals surface area contributed by atoms with Crippen LogP contribution in [0, 0.1) is 5.92 Å². The van der Waals surface area contributed by atoms with E-state index in [9.17, 15) is 9.59 Å². The first-order valence-corrected chi connectivity index (χ1v) is 11.8. The molecule has 0 atom stereocenters. The van der Waals surface area contributed by atoms with Crippen molar-refractivity contribution in [2.24, 2.45) is 5.92 Å². The molecule has 30 heavy (non-hydrogen) atoms. The maximum absolute atomic E-state index is 12.7. The van der Waals surface area contributed by atoms with E-state index in [0.29, 0.717) is 11.7 Å². The van der Waals surface area contributed by atoms with E-state index in [2.05, 4.69) is 27.3 Å². The fourth-order valence-electron chi connectivity index (χ4n) is 4.55.